The van der Waals surface area contributed by atoms with Gasteiger partial charge in [-0.2, -0.15) is 0 Å². The van der Waals surface area contributed by atoms with Gasteiger partial charge in [-0.25, -0.2) is 0 Å². The number of carbonyl (C=O) groups is 1. The molecule has 1 fully saturated rings. The van der Waals surface area contributed by atoms with Crippen LogP contribution in [-0.2, 0) is 4.79 Å². The molecule has 4 heteroatoms. The predicted octanol–water partition coefficient (Wildman–Crippen LogP) is -2.58. The van der Waals surface area contributed by atoms with Gasteiger partial charge in [-0.05, 0) is 30.4 Å². The van der Waals surface area contributed by atoms with Crippen molar-refractivity contribution in [3.05, 3.63) is 35.7 Å². The first-order chi connectivity index (χ1) is 6.70. The molecular weight excluding hydrogens is 185 g/mol. The van der Waals surface area contributed by atoms with Crippen LogP contribution in [0.15, 0.2) is 35.7 Å². The van der Waals surface area contributed by atoms with Gasteiger partial charge < -0.3 is 14.8 Å². The maximum Gasteiger partial charge on any atom is 1.00 e. The Kier molecular flexibility index (Phi) is 3.84. The van der Waals surface area contributed by atoms with E-state index in [1.807, 2.05) is 18.2 Å². The molecule has 0 amide bonds. The minimum absolute atomic E-state index is 0. The second kappa shape index (κ2) is 4.74. The van der Waals surface area contributed by atoms with Crippen molar-refractivity contribution >= 4 is 5.97 Å². The summed E-state index contributed by atoms with van der Waals surface area (Å²) in [5, 5.41) is 11.0. The van der Waals surface area contributed by atoms with E-state index in [0.29, 0.717) is 11.6 Å². The Balaban J connectivity index is 0.00000112. The quantitative estimate of drug-likeness (QED) is 0.457. The Morgan fingerprint density at radius 2 is 2.13 bits per heavy atom. The Labute approximate surface area is 101 Å². The fraction of sp³-hybridized carbons (Fsp3) is 0.364. The predicted molar refractivity (Wildman–Crippen MR) is 50.8 cm³/mol. The van der Waals surface area contributed by atoms with E-state index in [4.69, 9.17) is 0 Å². The number of likely N-dealkylation sites (N-methyl/N-ethyl adjacent to an activating group) is 1. The van der Waals surface area contributed by atoms with Crippen molar-refractivity contribution in [3.63, 3.8) is 0 Å². The van der Waals surface area contributed by atoms with Gasteiger partial charge in [0.15, 0.2) is 0 Å². The molecule has 0 spiro atoms. The van der Waals surface area contributed by atoms with Crippen molar-refractivity contribution in [3.8, 4) is 0 Å². The van der Waals surface area contributed by atoms with Crippen LogP contribution >= 0.6 is 0 Å². The smallest absolute Gasteiger partial charge is 0.543 e. The van der Waals surface area contributed by atoms with E-state index >= 15 is 0 Å². The molecule has 0 aromatic heterocycles. The molecule has 0 atom stereocenters. The fourth-order valence-corrected chi connectivity index (χ4v) is 1.68. The third-order valence-electron chi connectivity index (χ3n) is 2.53. The van der Waals surface area contributed by atoms with Crippen molar-refractivity contribution in [2.75, 3.05) is 7.05 Å². The number of aliphatic carboxylic acids is 1. The number of rotatable bonds is 2. The minimum Gasteiger partial charge on any atom is -0.543 e. The van der Waals surface area contributed by atoms with Gasteiger partial charge in [-0.3, -0.25) is 0 Å². The van der Waals surface area contributed by atoms with Gasteiger partial charge >= 0.3 is 18.9 Å². The largest absolute Gasteiger partial charge is 1.00 e. The first-order valence-electron chi connectivity index (χ1n) is 4.73. The van der Waals surface area contributed by atoms with Crippen molar-refractivity contribution in [2.24, 2.45) is 5.92 Å². The molecule has 3 nitrogen and oxygen atoms in total. The molecule has 0 unspecified atom stereocenters. The average molecular weight is 197 g/mol. The maximum absolute atomic E-state index is 11.0. The number of carboxylic acids is 1. The molecule has 0 radical (unpaired) electrons. The van der Waals surface area contributed by atoms with Crippen molar-refractivity contribution in [2.45, 2.75) is 12.8 Å². The van der Waals surface area contributed by atoms with Crippen molar-refractivity contribution in [1.29, 1.82) is 0 Å². The van der Waals surface area contributed by atoms with Gasteiger partial charge in [0.1, 0.15) is 0 Å². The number of nitrogens with zero attached hydrogens (tertiary/aromatic N) is 1. The molecule has 74 valence electrons. The summed E-state index contributed by atoms with van der Waals surface area (Å²) < 4.78 is 0. The normalized spacial score (nSPS) is 19.9. The van der Waals surface area contributed by atoms with Crippen LogP contribution < -0.4 is 24.0 Å². The minimum atomic E-state index is -1.09. The zero-order chi connectivity index (χ0) is 10.1. The van der Waals surface area contributed by atoms with Gasteiger partial charge in [0.05, 0.1) is 11.7 Å². The van der Waals surface area contributed by atoms with E-state index in [1.54, 1.807) is 18.1 Å². The summed E-state index contributed by atoms with van der Waals surface area (Å²) in [6.07, 6.45) is 9.49. The Bertz CT molecular complexity index is 354. The number of allylic oxidation sites excluding steroid dienone is 4. The number of hydrogen-bond acceptors (Lipinski definition) is 3. The summed E-state index contributed by atoms with van der Waals surface area (Å²) in [6.45, 7) is 0. The van der Waals surface area contributed by atoms with Gasteiger partial charge in [-0.1, -0.05) is 12.2 Å². The summed E-state index contributed by atoms with van der Waals surface area (Å²) in [7, 11) is 1.73. The van der Waals surface area contributed by atoms with E-state index in [-0.39, 0.29) is 18.9 Å². The van der Waals surface area contributed by atoms with Gasteiger partial charge in [0.2, 0.25) is 0 Å². The molecule has 1 saturated carbocycles. The van der Waals surface area contributed by atoms with Crippen LogP contribution in [0.5, 0.6) is 0 Å². The van der Waals surface area contributed by atoms with Crippen LogP contribution in [0.2, 0.25) is 0 Å². The average Bonchev–Trinajstić information content (AvgIpc) is 2.88. The first kappa shape index (κ1) is 12.2. The molecule has 0 N–H and O–H groups in total. The first-order valence-corrected chi connectivity index (χ1v) is 4.73. The number of carboxylic acid groups (broad SMARTS) is 1. The Morgan fingerprint density at radius 1 is 1.47 bits per heavy atom. The molecule has 0 aromatic rings. The van der Waals surface area contributed by atoms with Crippen LogP contribution in [0.1, 0.15) is 12.8 Å². The van der Waals surface area contributed by atoms with Gasteiger partial charge in [0, 0.05) is 13.2 Å². The van der Waals surface area contributed by atoms with E-state index in [9.17, 15) is 9.90 Å². The summed E-state index contributed by atoms with van der Waals surface area (Å²) >= 11 is 0. The van der Waals surface area contributed by atoms with Crippen LogP contribution in [-0.4, -0.2) is 17.9 Å². The van der Waals surface area contributed by atoms with Crippen LogP contribution in [0.4, 0.5) is 0 Å². The van der Waals surface area contributed by atoms with Gasteiger partial charge in [0.25, 0.3) is 0 Å². The third kappa shape index (κ3) is 2.56. The zero-order valence-corrected chi connectivity index (χ0v) is 9.06. The number of carbonyl (C=O) groups excluding carboxylic acids is 1. The van der Waals surface area contributed by atoms with Crippen LogP contribution in [0.3, 0.4) is 0 Å². The second-order valence-electron chi connectivity index (χ2n) is 3.68. The topological polar surface area (TPSA) is 43.4 Å². The molecule has 0 saturated heterocycles. The molecule has 2 aliphatic rings. The molecule has 1 heterocycles. The molecular formula is C11H12LiNO2. The van der Waals surface area contributed by atoms with E-state index in [2.05, 4.69) is 0 Å². The molecule has 0 aromatic carbocycles. The number of hydrogen-bond donors (Lipinski definition) is 0. The van der Waals surface area contributed by atoms with Crippen LogP contribution in [0, 0.1) is 5.92 Å². The summed E-state index contributed by atoms with van der Waals surface area (Å²) in [6, 6.07) is 0. The summed E-state index contributed by atoms with van der Waals surface area (Å²) in [5.74, 6) is -0.674. The zero-order valence-electron chi connectivity index (χ0n) is 9.06. The standard InChI is InChI=1S/C11H13NO2.Li/c1-12-7-3-2-4-9(8-5-6-8)10(12)11(13)14;/h2-4,7-8H,5-6H2,1H3,(H,13,14);/q;+1/p-1. The van der Waals surface area contributed by atoms with Crippen molar-refractivity contribution in [1.82, 2.24) is 4.90 Å². The molecule has 1 aliphatic heterocycles. The molecule has 0 bridgehead atoms. The molecule has 15 heavy (non-hydrogen) atoms. The SMILES string of the molecule is CN1C=CC=CC(C2CC2)=C1C(=O)[O-].[Li+]. The third-order valence-corrected chi connectivity index (χ3v) is 2.53. The maximum atomic E-state index is 11.0. The summed E-state index contributed by atoms with van der Waals surface area (Å²) in [4.78, 5) is 12.6. The molecule has 1 aliphatic carbocycles. The monoisotopic (exact) mass is 197 g/mol. The second-order valence-corrected chi connectivity index (χ2v) is 3.68. The van der Waals surface area contributed by atoms with Gasteiger partial charge in [-0.15, -0.1) is 0 Å². The van der Waals surface area contributed by atoms with E-state index < -0.39 is 5.97 Å². The molecule has 2 rings (SSSR count). The Hall–Kier alpha value is -0.913. The van der Waals surface area contributed by atoms with E-state index in [1.165, 1.54) is 0 Å². The Morgan fingerprint density at radius 3 is 2.67 bits per heavy atom. The van der Waals surface area contributed by atoms with E-state index in [0.717, 1.165) is 18.4 Å². The van der Waals surface area contributed by atoms with Crippen molar-refractivity contribution < 1.29 is 28.8 Å². The summed E-state index contributed by atoms with van der Waals surface area (Å²) in [5.41, 5.74) is 1.20. The van der Waals surface area contributed by atoms with Crippen LogP contribution in [0.25, 0.3) is 0 Å². The fourth-order valence-electron chi connectivity index (χ4n) is 1.68.